The number of phenolic OH excluding ortho intramolecular Hbond substituents is 1. The van der Waals surface area contributed by atoms with Gasteiger partial charge in [-0.05, 0) is 77.2 Å². The molecular weight excluding hydrogens is 532 g/mol. The molecule has 7 N–H and O–H groups in total. The Labute approximate surface area is 237 Å². The van der Waals surface area contributed by atoms with Gasteiger partial charge in [-0.15, -0.1) is 0 Å². The lowest BCUT2D eigenvalue weighted by molar-refractivity contribution is -0.148. The molecule has 0 saturated heterocycles. The second-order valence-corrected chi connectivity index (χ2v) is 12.7. The van der Waals surface area contributed by atoms with E-state index in [4.69, 9.17) is 5.73 Å². The van der Waals surface area contributed by atoms with E-state index >= 15 is 0 Å². The number of nitrogens with zero attached hydrogens (tertiary/aromatic N) is 2. The normalized spacial score (nSPS) is 28.6. The van der Waals surface area contributed by atoms with Crippen LogP contribution in [0.2, 0.25) is 0 Å². The minimum absolute atomic E-state index is 0.00784. The summed E-state index contributed by atoms with van der Waals surface area (Å²) in [5.41, 5.74) is 3.13. The average molecular weight is 569 g/mol. The van der Waals surface area contributed by atoms with Crippen molar-refractivity contribution in [2.45, 2.75) is 64.3 Å². The van der Waals surface area contributed by atoms with Crippen molar-refractivity contribution in [3.8, 4) is 5.75 Å². The first-order chi connectivity index (χ1) is 18.9. The van der Waals surface area contributed by atoms with Gasteiger partial charge < -0.3 is 31.5 Å². The summed E-state index contributed by atoms with van der Waals surface area (Å²) in [4.78, 5) is 55.9. The van der Waals surface area contributed by atoms with Crippen LogP contribution >= 0.6 is 0 Å². The number of ketones is 2. The first kappa shape index (κ1) is 28.8. The van der Waals surface area contributed by atoms with Gasteiger partial charge in [-0.3, -0.25) is 29.0 Å². The quantitative estimate of drug-likeness (QED) is 0.221. The van der Waals surface area contributed by atoms with Crippen LogP contribution in [0.5, 0.6) is 5.75 Å². The molecule has 0 bridgehead atoms. The molecule has 1 aliphatic heterocycles. The number of nitrogens with one attached hydrogen (secondary N) is 1. The number of hydrogen-bond acceptors (Lipinski definition) is 10. The van der Waals surface area contributed by atoms with Gasteiger partial charge in [0.1, 0.15) is 17.1 Å². The molecule has 1 aromatic carbocycles. The number of nitrogens with two attached hydrogens (primary N) is 1. The molecule has 0 fully saturated rings. The number of aromatic hydroxyl groups is 1. The van der Waals surface area contributed by atoms with Crippen molar-refractivity contribution in [1.29, 1.82) is 0 Å². The molecule has 1 aromatic rings. The number of anilines is 1. The third-order valence-corrected chi connectivity index (χ3v) is 9.19. The molecule has 3 aliphatic carbocycles. The number of carbonyl (C=O) groups excluding carboxylic acids is 4. The Morgan fingerprint density at radius 1 is 1.10 bits per heavy atom. The third-order valence-electron chi connectivity index (χ3n) is 9.19. The Kier molecular flexibility index (Phi) is 6.41. The number of phenols is 1. The van der Waals surface area contributed by atoms with Gasteiger partial charge in [-0.25, -0.2) is 0 Å². The molecule has 12 nitrogen and oxygen atoms in total. The van der Waals surface area contributed by atoms with Crippen molar-refractivity contribution in [1.82, 2.24) is 9.80 Å². The van der Waals surface area contributed by atoms with Crippen molar-refractivity contribution < 1.29 is 39.6 Å². The summed E-state index contributed by atoms with van der Waals surface area (Å²) in [5, 5.41) is 48.3. The number of primary amides is 1. The highest BCUT2D eigenvalue weighted by atomic mass is 16.3. The fourth-order valence-electron chi connectivity index (χ4n) is 7.02. The van der Waals surface area contributed by atoms with Gasteiger partial charge in [0, 0.05) is 23.6 Å². The smallest absolute Gasteiger partial charge is 0.255 e. The van der Waals surface area contributed by atoms with Gasteiger partial charge >= 0.3 is 0 Å². The van der Waals surface area contributed by atoms with Gasteiger partial charge in [-0.1, -0.05) is 0 Å². The molecule has 41 heavy (non-hydrogen) atoms. The number of hydrogen-bond donors (Lipinski definition) is 6. The van der Waals surface area contributed by atoms with E-state index in [1.54, 1.807) is 14.1 Å². The molecule has 0 aromatic heterocycles. The predicted molar refractivity (Wildman–Crippen MR) is 147 cm³/mol. The van der Waals surface area contributed by atoms with Crippen LogP contribution in [0.15, 0.2) is 22.7 Å². The van der Waals surface area contributed by atoms with E-state index in [-0.39, 0.29) is 47.7 Å². The van der Waals surface area contributed by atoms with Crippen molar-refractivity contribution in [3.05, 3.63) is 44.9 Å². The molecule has 12 heteroatoms. The minimum Gasteiger partial charge on any atom is -0.510 e. The predicted octanol–water partition coefficient (Wildman–Crippen LogP) is 0.982. The summed E-state index contributed by atoms with van der Waals surface area (Å²) in [5.74, 6) is -7.46. The van der Waals surface area contributed by atoms with Crippen molar-refractivity contribution in [3.63, 3.8) is 0 Å². The maximum atomic E-state index is 14.0. The number of amides is 2. The van der Waals surface area contributed by atoms with Gasteiger partial charge in [0.15, 0.2) is 17.1 Å². The van der Waals surface area contributed by atoms with E-state index in [0.717, 1.165) is 0 Å². The van der Waals surface area contributed by atoms with Crippen LogP contribution in [-0.2, 0) is 27.3 Å². The Morgan fingerprint density at radius 2 is 1.73 bits per heavy atom. The number of fused-ring (bicyclic) bond motifs is 4. The van der Waals surface area contributed by atoms with Crippen LogP contribution in [0.4, 0.5) is 5.69 Å². The summed E-state index contributed by atoms with van der Waals surface area (Å²) < 4.78 is 0. The Morgan fingerprint density at radius 3 is 2.29 bits per heavy atom. The van der Waals surface area contributed by atoms with Crippen LogP contribution in [0, 0.1) is 18.8 Å². The van der Waals surface area contributed by atoms with Crippen LogP contribution in [0.1, 0.15) is 54.2 Å². The monoisotopic (exact) mass is 568 g/mol. The van der Waals surface area contributed by atoms with E-state index in [1.165, 1.54) is 4.90 Å². The fourth-order valence-corrected chi connectivity index (χ4v) is 7.02. The molecule has 4 atom stereocenters. The average Bonchev–Trinajstić information content (AvgIpc) is 3.03. The van der Waals surface area contributed by atoms with E-state index in [2.05, 4.69) is 5.32 Å². The second-order valence-electron chi connectivity index (χ2n) is 12.7. The zero-order chi connectivity index (χ0) is 30.5. The zero-order valence-electron chi connectivity index (χ0n) is 24.0. The summed E-state index contributed by atoms with van der Waals surface area (Å²) >= 11 is 0. The molecule has 0 radical (unpaired) electrons. The topological polar surface area (TPSA) is 194 Å². The summed E-state index contributed by atoms with van der Waals surface area (Å²) in [6.45, 7) is 8.16. The van der Waals surface area contributed by atoms with Gasteiger partial charge in [0.05, 0.1) is 23.8 Å². The first-order valence-electron chi connectivity index (χ1n) is 13.5. The van der Waals surface area contributed by atoms with E-state index < -0.39 is 63.8 Å². The minimum atomic E-state index is -2.71. The molecule has 0 saturated carbocycles. The largest absolute Gasteiger partial charge is 0.510 e. The number of likely N-dealkylation sites (N-methyl/N-ethyl adjacent to an activating group) is 1. The number of allylic oxidation sites excluding steroid dienone is 1. The number of aliphatic hydroxyl groups is 3. The molecule has 5 rings (SSSR count). The maximum Gasteiger partial charge on any atom is 0.255 e. The number of rotatable bonds is 2. The summed E-state index contributed by atoms with van der Waals surface area (Å²) in [6, 6.07) is -1.06. The Balaban J connectivity index is 1.71. The molecule has 0 spiro atoms. The van der Waals surface area contributed by atoms with E-state index in [9.17, 15) is 39.6 Å². The lowest BCUT2D eigenvalue weighted by atomic mass is 9.58. The third kappa shape index (κ3) is 3.92. The fraction of sp³-hybridized carbons (Fsp3) is 0.517. The molecule has 220 valence electrons. The lowest BCUT2D eigenvalue weighted by Gasteiger charge is -2.50. The van der Waals surface area contributed by atoms with E-state index in [0.29, 0.717) is 23.2 Å². The van der Waals surface area contributed by atoms with Crippen molar-refractivity contribution >= 4 is 29.1 Å². The molecule has 4 aliphatic rings. The summed E-state index contributed by atoms with van der Waals surface area (Å²) in [6.07, 6.45) is 0.193. The van der Waals surface area contributed by atoms with Crippen molar-refractivity contribution in [2.75, 3.05) is 26.0 Å². The second kappa shape index (κ2) is 9.13. The Bertz CT molecular complexity index is 1500. The highest BCUT2D eigenvalue weighted by Crippen LogP contribution is 2.54. The van der Waals surface area contributed by atoms with Crippen LogP contribution in [0.25, 0.3) is 0 Å². The van der Waals surface area contributed by atoms with E-state index in [1.807, 2.05) is 32.6 Å². The van der Waals surface area contributed by atoms with Crippen LogP contribution in [0.3, 0.4) is 0 Å². The Hall–Kier alpha value is -3.74. The molecule has 2 amide bonds. The maximum absolute atomic E-state index is 14.0. The number of carbonyl (C=O) groups is 4. The summed E-state index contributed by atoms with van der Waals surface area (Å²) in [7, 11) is 3.17. The number of aliphatic hydroxyl groups excluding tert-OH is 2. The SMILES string of the molecule is Cc1c2c(c(O)c3c1C[C@H]1C[C@H]4[C@H](N(C)C)C(O)=C(C(N)=O)C(=O)[C@@]4(O)C(O)=C1C3=O)NC(=O)CN(C(C)(C)C)C2. The number of Topliss-reactive ketones (excluding diaryl/α,β-unsaturated/α-hetero) is 2. The standard InChI is InChI=1S/C29H36N4O8/c1-11-13-7-12-8-15-21(32(5)6)24(37)19(27(30)40)26(39)29(15,41)25(38)17(12)22(35)18(13)23(36)20-14(11)9-33(28(2,3)4)10-16(34)31-20/h12,15,21,36-38,41H,7-10H2,1-6H3,(H2,30,40)(H,31,34)/t12-,15-,21-,29-/m0/s1. The van der Waals surface area contributed by atoms with Gasteiger partial charge in [-0.2, -0.15) is 0 Å². The zero-order valence-corrected chi connectivity index (χ0v) is 24.0. The molecule has 0 unspecified atom stereocenters. The highest BCUT2D eigenvalue weighted by Gasteiger charge is 2.63. The lowest BCUT2D eigenvalue weighted by Crippen LogP contribution is -2.63. The van der Waals surface area contributed by atoms with Gasteiger partial charge in [0.25, 0.3) is 5.91 Å². The van der Waals surface area contributed by atoms with Crippen LogP contribution < -0.4 is 11.1 Å². The molecule has 1 heterocycles. The molecular formula is C29H36N4O8. The first-order valence-corrected chi connectivity index (χ1v) is 13.5. The van der Waals surface area contributed by atoms with Gasteiger partial charge in [0.2, 0.25) is 11.7 Å². The van der Waals surface area contributed by atoms with Crippen molar-refractivity contribution in [2.24, 2.45) is 17.6 Å². The van der Waals surface area contributed by atoms with Crippen LogP contribution in [-0.4, -0.2) is 91.4 Å². The highest BCUT2D eigenvalue weighted by molar-refractivity contribution is 6.25. The number of benzene rings is 1.